The van der Waals surface area contributed by atoms with E-state index in [1.165, 1.54) is 0 Å². The fourth-order valence-corrected chi connectivity index (χ4v) is 2.73. The standard InChI is InChI=1S/C15H22FN3O2/c1-11-18-13(9-21-11)8-19-6-4-15(16,5-7-19)10-17-14(20)12-2-3-12/h9,12H,2-8,10H2,1H3,(H,17,20). The van der Waals surface area contributed by atoms with E-state index in [4.69, 9.17) is 4.42 Å². The topological polar surface area (TPSA) is 58.4 Å². The van der Waals surface area contributed by atoms with Crippen molar-refractivity contribution in [2.45, 2.75) is 44.8 Å². The Hall–Kier alpha value is -1.43. The summed E-state index contributed by atoms with van der Waals surface area (Å²) >= 11 is 0. The molecule has 2 fully saturated rings. The molecule has 2 aliphatic rings. The summed E-state index contributed by atoms with van der Waals surface area (Å²) in [5.41, 5.74) is -0.373. The van der Waals surface area contributed by atoms with Gasteiger partial charge in [0, 0.05) is 32.5 Å². The Morgan fingerprint density at radius 1 is 1.52 bits per heavy atom. The van der Waals surface area contributed by atoms with Gasteiger partial charge in [-0.15, -0.1) is 0 Å². The molecule has 0 radical (unpaired) electrons. The average Bonchev–Trinajstić information content (AvgIpc) is 3.23. The number of hydrogen-bond acceptors (Lipinski definition) is 4. The molecule has 2 heterocycles. The number of piperidine rings is 1. The highest BCUT2D eigenvalue weighted by molar-refractivity contribution is 5.80. The lowest BCUT2D eigenvalue weighted by Crippen LogP contribution is -2.48. The van der Waals surface area contributed by atoms with Crippen molar-refractivity contribution in [2.24, 2.45) is 5.92 Å². The van der Waals surface area contributed by atoms with Crippen LogP contribution in [-0.4, -0.2) is 41.1 Å². The molecule has 0 atom stereocenters. The highest BCUT2D eigenvalue weighted by Gasteiger charge is 2.37. The predicted molar refractivity (Wildman–Crippen MR) is 75.3 cm³/mol. The molecule has 0 bridgehead atoms. The molecule has 1 amide bonds. The second-order valence-corrected chi connectivity index (χ2v) is 6.28. The number of rotatable bonds is 5. The molecule has 116 valence electrons. The van der Waals surface area contributed by atoms with Crippen molar-refractivity contribution >= 4 is 5.91 Å². The minimum absolute atomic E-state index is 0.0209. The van der Waals surface area contributed by atoms with Crippen LogP contribution in [0.1, 0.15) is 37.3 Å². The predicted octanol–water partition coefficient (Wildman–Crippen LogP) is 1.81. The first-order valence-electron chi connectivity index (χ1n) is 7.64. The minimum atomic E-state index is -1.26. The molecule has 1 aliphatic heterocycles. The third kappa shape index (κ3) is 3.81. The first-order valence-corrected chi connectivity index (χ1v) is 7.64. The zero-order valence-electron chi connectivity index (χ0n) is 12.4. The molecule has 6 heteroatoms. The van der Waals surface area contributed by atoms with Gasteiger partial charge in [-0.25, -0.2) is 9.37 Å². The maximum Gasteiger partial charge on any atom is 0.223 e. The van der Waals surface area contributed by atoms with Gasteiger partial charge in [0.25, 0.3) is 0 Å². The van der Waals surface area contributed by atoms with Gasteiger partial charge in [-0.2, -0.15) is 0 Å². The zero-order valence-corrected chi connectivity index (χ0v) is 12.4. The number of carbonyl (C=O) groups is 1. The normalized spacial score (nSPS) is 22.2. The molecule has 1 aromatic rings. The Labute approximate surface area is 123 Å². The second kappa shape index (κ2) is 5.75. The maximum absolute atomic E-state index is 14.7. The van der Waals surface area contributed by atoms with Crippen LogP contribution in [0.3, 0.4) is 0 Å². The molecule has 3 rings (SSSR count). The quantitative estimate of drug-likeness (QED) is 0.900. The lowest BCUT2D eigenvalue weighted by Gasteiger charge is -2.36. The Balaban J connectivity index is 1.43. The molecular formula is C15H22FN3O2. The number of carbonyl (C=O) groups excluding carboxylic acids is 1. The first-order chi connectivity index (χ1) is 10.0. The number of amides is 1. The number of likely N-dealkylation sites (tertiary alicyclic amines) is 1. The van der Waals surface area contributed by atoms with Crippen LogP contribution in [0.2, 0.25) is 0 Å². The molecule has 1 saturated heterocycles. The molecule has 0 spiro atoms. The Kier molecular flexibility index (Phi) is 3.97. The van der Waals surface area contributed by atoms with Crippen molar-refractivity contribution in [3.8, 4) is 0 Å². The molecule has 1 aromatic heterocycles. The third-order valence-corrected chi connectivity index (χ3v) is 4.33. The Morgan fingerprint density at radius 2 is 2.24 bits per heavy atom. The van der Waals surface area contributed by atoms with E-state index in [9.17, 15) is 9.18 Å². The third-order valence-electron chi connectivity index (χ3n) is 4.33. The number of aryl methyl sites for hydroxylation is 1. The molecule has 0 unspecified atom stereocenters. The van der Waals surface area contributed by atoms with Gasteiger partial charge in [0.2, 0.25) is 5.91 Å². The van der Waals surface area contributed by atoms with Gasteiger partial charge in [-0.05, 0) is 25.7 Å². The van der Waals surface area contributed by atoms with Crippen molar-refractivity contribution in [2.75, 3.05) is 19.6 Å². The number of aromatic nitrogens is 1. The zero-order chi connectivity index (χ0) is 14.9. The van der Waals surface area contributed by atoms with E-state index in [0.717, 1.165) is 18.5 Å². The minimum Gasteiger partial charge on any atom is -0.449 e. The van der Waals surface area contributed by atoms with Crippen LogP contribution in [0, 0.1) is 12.8 Å². The van der Waals surface area contributed by atoms with E-state index in [0.29, 0.717) is 38.4 Å². The molecule has 0 aromatic carbocycles. The fraction of sp³-hybridized carbons (Fsp3) is 0.733. The number of alkyl halides is 1. The molecule has 1 saturated carbocycles. The smallest absolute Gasteiger partial charge is 0.223 e. The van der Waals surface area contributed by atoms with Gasteiger partial charge in [0.05, 0.1) is 12.2 Å². The molecular weight excluding hydrogens is 273 g/mol. The summed E-state index contributed by atoms with van der Waals surface area (Å²) in [6.45, 7) is 4.03. The van der Waals surface area contributed by atoms with Gasteiger partial charge in [-0.3, -0.25) is 9.69 Å². The summed E-state index contributed by atoms with van der Waals surface area (Å²) in [5, 5.41) is 2.76. The fourth-order valence-electron chi connectivity index (χ4n) is 2.73. The Bertz CT molecular complexity index is 505. The number of nitrogens with one attached hydrogen (secondary N) is 1. The van der Waals surface area contributed by atoms with E-state index in [1.54, 1.807) is 6.26 Å². The van der Waals surface area contributed by atoms with Crippen molar-refractivity contribution in [1.82, 2.24) is 15.2 Å². The second-order valence-electron chi connectivity index (χ2n) is 6.28. The van der Waals surface area contributed by atoms with E-state index in [-0.39, 0.29) is 18.4 Å². The highest BCUT2D eigenvalue weighted by atomic mass is 19.1. The van der Waals surface area contributed by atoms with Gasteiger partial charge >= 0.3 is 0 Å². The van der Waals surface area contributed by atoms with Crippen LogP contribution >= 0.6 is 0 Å². The van der Waals surface area contributed by atoms with Crippen LogP contribution in [-0.2, 0) is 11.3 Å². The van der Waals surface area contributed by atoms with Crippen molar-refractivity contribution in [3.63, 3.8) is 0 Å². The van der Waals surface area contributed by atoms with Crippen molar-refractivity contribution in [1.29, 1.82) is 0 Å². The molecule has 1 aliphatic carbocycles. The van der Waals surface area contributed by atoms with Crippen molar-refractivity contribution < 1.29 is 13.6 Å². The number of nitrogens with zero attached hydrogens (tertiary/aromatic N) is 2. The van der Waals surface area contributed by atoms with Crippen LogP contribution in [0.25, 0.3) is 0 Å². The molecule has 5 nitrogen and oxygen atoms in total. The SMILES string of the molecule is Cc1nc(CN2CCC(F)(CNC(=O)C3CC3)CC2)co1. The van der Waals surface area contributed by atoms with Gasteiger partial charge in [0.1, 0.15) is 11.9 Å². The summed E-state index contributed by atoms with van der Waals surface area (Å²) in [5.74, 6) is 0.821. The van der Waals surface area contributed by atoms with Gasteiger partial charge < -0.3 is 9.73 Å². The summed E-state index contributed by atoms with van der Waals surface area (Å²) in [7, 11) is 0. The summed E-state index contributed by atoms with van der Waals surface area (Å²) in [4.78, 5) is 18.0. The maximum atomic E-state index is 14.7. The number of hydrogen-bond donors (Lipinski definition) is 1. The van der Waals surface area contributed by atoms with E-state index < -0.39 is 5.67 Å². The van der Waals surface area contributed by atoms with E-state index in [1.807, 2.05) is 6.92 Å². The van der Waals surface area contributed by atoms with E-state index in [2.05, 4.69) is 15.2 Å². The van der Waals surface area contributed by atoms with Crippen LogP contribution in [0.5, 0.6) is 0 Å². The Morgan fingerprint density at radius 3 is 2.81 bits per heavy atom. The number of halogens is 1. The molecule has 21 heavy (non-hydrogen) atoms. The monoisotopic (exact) mass is 295 g/mol. The summed E-state index contributed by atoms with van der Waals surface area (Å²) < 4.78 is 19.8. The summed E-state index contributed by atoms with van der Waals surface area (Å²) in [6, 6.07) is 0. The van der Waals surface area contributed by atoms with Crippen molar-refractivity contribution in [3.05, 3.63) is 17.8 Å². The lowest BCUT2D eigenvalue weighted by molar-refractivity contribution is -0.123. The highest BCUT2D eigenvalue weighted by Crippen LogP contribution is 2.30. The summed E-state index contributed by atoms with van der Waals surface area (Å²) in [6.07, 6.45) is 4.47. The lowest BCUT2D eigenvalue weighted by atomic mass is 9.93. The average molecular weight is 295 g/mol. The molecule has 1 N–H and O–H groups in total. The number of oxazole rings is 1. The van der Waals surface area contributed by atoms with Crippen LogP contribution < -0.4 is 5.32 Å². The van der Waals surface area contributed by atoms with Crippen LogP contribution in [0.15, 0.2) is 10.7 Å². The largest absolute Gasteiger partial charge is 0.449 e. The van der Waals surface area contributed by atoms with Gasteiger partial charge in [-0.1, -0.05) is 0 Å². The van der Waals surface area contributed by atoms with E-state index >= 15 is 0 Å². The van der Waals surface area contributed by atoms with Gasteiger partial charge in [0.15, 0.2) is 5.89 Å². The van der Waals surface area contributed by atoms with Crippen LogP contribution in [0.4, 0.5) is 4.39 Å². The first kappa shape index (κ1) is 14.5.